The number of ether oxygens (including phenoxy) is 7. The average Bonchev–Trinajstić information content (AvgIpc) is 3.35. The normalized spacial score (nSPS) is 5.39. The summed E-state index contributed by atoms with van der Waals surface area (Å²) in [4.78, 5) is 0. The van der Waals surface area contributed by atoms with Gasteiger partial charge in [0.05, 0.1) is 0 Å². The van der Waals surface area contributed by atoms with Gasteiger partial charge in [0.15, 0.2) is 0 Å². The molecule has 0 radical (unpaired) electrons. The lowest BCUT2D eigenvalue weighted by atomic mass is 10.2. The molecule has 0 bridgehead atoms. The molecule has 3 aromatic rings. The summed E-state index contributed by atoms with van der Waals surface area (Å²) in [6, 6.07) is 25.4. The van der Waals surface area contributed by atoms with Crippen molar-refractivity contribution in [1.29, 1.82) is 0 Å². The van der Waals surface area contributed by atoms with Crippen molar-refractivity contribution in [2.45, 2.75) is 382 Å². The van der Waals surface area contributed by atoms with Crippen LogP contribution in [0.5, 0.6) is 0 Å². The number of benzene rings is 3. The van der Waals surface area contributed by atoms with Gasteiger partial charge < -0.3 is 38.5 Å². The highest BCUT2D eigenvalue weighted by Crippen LogP contribution is 2.01. The molecule has 656 valence electrons. The van der Waals surface area contributed by atoms with Gasteiger partial charge in [-0.3, -0.25) is 0 Å². The maximum Gasteiger partial charge on any atom is 0.0433 e. The Morgan fingerprint density at radius 3 is 0.296 bits per heavy atom. The van der Waals surface area contributed by atoms with E-state index in [0.717, 1.165) is 52.8 Å². The number of hydrogen-bond acceptors (Lipinski definition) is 9. The topological polar surface area (TPSA) is 76.6 Å². The second-order valence-corrected chi connectivity index (χ2v) is 14.4. The fourth-order valence-corrected chi connectivity index (χ4v) is 1.91. The van der Waals surface area contributed by atoms with Crippen molar-refractivity contribution in [2.75, 3.05) is 122 Å². The summed E-state index contributed by atoms with van der Waals surface area (Å²) < 4.78 is 31.8. The number of thioether (sulfide) groups is 1. The lowest BCUT2D eigenvalue weighted by Gasteiger charge is -1.90. The first-order valence-corrected chi connectivity index (χ1v) is 25.5. The molecule has 8 nitrogen and oxygen atoms in total. The molecular weight excluding hydrogens is 1230 g/mol. The van der Waals surface area contributed by atoms with Gasteiger partial charge in [-0.25, -0.2) is 0 Å². The van der Waals surface area contributed by atoms with Gasteiger partial charge in [-0.1, -0.05) is 398 Å². The molecule has 0 heterocycles. The molecular formula is C89H247NO7S. The molecule has 9 heteroatoms. The van der Waals surface area contributed by atoms with E-state index in [1.807, 2.05) is 67.3 Å². The minimum Gasteiger partial charge on any atom is -0.385 e. The van der Waals surface area contributed by atoms with Crippen LogP contribution in [0.1, 0.15) is 374 Å². The average molecular weight is 1480 g/mol. The van der Waals surface area contributed by atoms with Gasteiger partial charge in [-0.2, -0.15) is 11.8 Å². The third kappa shape index (κ3) is 598. The van der Waals surface area contributed by atoms with Crippen molar-refractivity contribution in [2.24, 2.45) is 0 Å². The number of hydrogen-bond donors (Lipinski definition) is 1. The van der Waals surface area contributed by atoms with Crippen molar-refractivity contribution < 1.29 is 33.2 Å². The number of nitrogens with one attached hydrogen (secondary N) is 1. The predicted molar refractivity (Wildman–Crippen MR) is 522 cm³/mol. The van der Waals surface area contributed by atoms with Crippen LogP contribution < -0.4 is 5.32 Å². The van der Waals surface area contributed by atoms with Crippen LogP contribution in [-0.2, 0) is 33.2 Å². The Bertz CT molecular complexity index is 802. The third-order valence-corrected chi connectivity index (χ3v) is 6.90. The summed E-state index contributed by atoms with van der Waals surface area (Å²) in [6.45, 7) is 45.8. The molecule has 0 unspecified atom stereocenters. The maximum absolute atomic E-state index is 4.54. The van der Waals surface area contributed by atoms with E-state index >= 15 is 0 Å². The Morgan fingerprint density at radius 1 is 0.224 bits per heavy atom. The molecule has 3 rings (SSSR count). The minimum absolute atomic E-state index is 0. The molecule has 0 fully saturated rings. The molecule has 0 spiro atoms. The maximum atomic E-state index is 4.54. The van der Waals surface area contributed by atoms with E-state index in [4.69, 9.17) is 0 Å². The van der Waals surface area contributed by atoms with Crippen LogP contribution in [0.2, 0.25) is 0 Å². The van der Waals surface area contributed by atoms with Crippen molar-refractivity contribution in [1.82, 2.24) is 5.32 Å². The molecule has 98 heavy (non-hydrogen) atoms. The summed E-state index contributed by atoms with van der Waals surface area (Å²) in [7, 11) is 13.7. The van der Waals surface area contributed by atoms with Crippen LogP contribution in [0, 0.1) is 41.5 Å². The van der Waals surface area contributed by atoms with Gasteiger partial charge in [-0.05, 0) is 116 Å². The minimum atomic E-state index is 0. The van der Waals surface area contributed by atoms with Gasteiger partial charge in [0.2, 0.25) is 0 Å². The summed E-state index contributed by atoms with van der Waals surface area (Å²) in [5.41, 5.74) is 7.98. The highest BCUT2D eigenvalue weighted by molar-refractivity contribution is 7.98. The molecule has 0 aliphatic rings. The highest BCUT2D eigenvalue weighted by Gasteiger charge is 1.81. The van der Waals surface area contributed by atoms with Gasteiger partial charge in [0, 0.05) is 96.0 Å². The fourth-order valence-electron chi connectivity index (χ4n) is 1.91. The van der Waals surface area contributed by atoms with Crippen LogP contribution in [-0.4, -0.2) is 122 Å². The molecule has 0 aliphatic carbocycles. The lowest BCUT2D eigenvalue weighted by molar-refractivity contribution is 0.215. The van der Waals surface area contributed by atoms with E-state index in [1.54, 1.807) is 49.8 Å². The summed E-state index contributed by atoms with van der Waals surface area (Å²) >= 11 is 1.86. The standard InChI is InChI=1S/3C8H10.C3H9N.7C3H8O.C3H8S.2C3H8.32CH4/c3*1-7-3-5-8(2)6-4-7;9*1-3-4-2;2*1-3-2;;;;;;;;;;;;;;;;;;;;;;;;;;;;;;;;/h3*3-6H,1-2H3;4H,3H2,1-2H3;8*3H2,1-2H3;2*3H2,1-2H3;32*1H4. The predicted octanol–water partition coefficient (Wildman–Crippen LogP) is 36.3. The van der Waals surface area contributed by atoms with Crippen molar-refractivity contribution in [3.63, 3.8) is 0 Å². The van der Waals surface area contributed by atoms with Crippen molar-refractivity contribution >= 4 is 11.8 Å². The van der Waals surface area contributed by atoms with E-state index in [1.165, 1.54) is 52.0 Å². The van der Waals surface area contributed by atoms with E-state index in [0.29, 0.717) is 0 Å². The first kappa shape index (κ1) is 309. The number of aryl methyl sites for hydroxylation is 6. The Balaban J connectivity index is -0.00000000800. The Kier molecular flexibility index (Phi) is 1150. The van der Waals surface area contributed by atoms with Crippen LogP contribution in [0.4, 0.5) is 0 Å². The molecule has 3 aromatic carbocycles. The van der Waals surface area contributed by atoms with Gasteiger partial charge in [-0.15, -0.1) is 0 Å². The first-order chi connectivity index (χ1) is 31.4. The molecule has 0 amide bonds. The number of methoxy groups -OCH3 is 7. The monoisotopic (exact) mass is 1470 g/mol. The Labute approximate surface area is 656 Å². The smallest absolute Gasteiger partial charge is 0.0433 e. The molecule has 0 aliphatic heterocycles. The Morgan fingerprint density at radius 2 is 0.276 bits per heavy atom. The zero-order chi connectivity index (χ0) is 54.1. The van der Waals surface area contributed by atoms with E-state index in [2.05, 4.69) is 201 Å². The second kappa shape index (κ2) is 365. The van der Waals surface area contributed by atoms with Gasteiger partial charge in [0.25, 0.3) is 0 Å². The molecule has 0 saturated carbocycles. The quantitative estimate of drug-likeness (QED) is 0.225. The lowest BCUT2D eigenvalue weighted by Crippen LogP contribution is -2.01. The molecule has 0 saturated heterocycles. The zero-order valence-corrected chi connectivity index (χ0v) is 50.3. The van der Waals surface area contributed by atoms with E-state index in [9.17, 15) is 0 Å². The van der Waals surface area contributed by atoms with Crippen molar-refractivity contribution in [3.8, 4) is 0 Å². The van der Waals surface area contributed by atoms with E-state index < -0.39 is 0 Å². The van der Waals surface area contributed by atoms with Gasteiger partial charge in [0.1, 0.15) is 0 Å². The Hall–Kier alpha value is -2.31. The summed E-state index contributed by atoms with van der Waals surface area (Å²) in [5, 5.41) is 2.93. The first-order valence-electron chi connectivity index (χ1n) is 24.1. The number of rotatable bonds is 9. The van der Waals surface area contributed by atoms with Crippen LogP contribution in [0.3, 0.4) is 0 Å². The van der Waals surface area contributed by atoms with Crippen LogP contribution in [0.15, 0.2) is 72.8 Å². The van der Waals surface area contributed by atoms with E-state index in [-0.39, 0.29) is 238 Å². The van der Waals surface area contributed by atoms with Crippen molar-refractivity contribution in [3.05, 3.63) is 106 Å². The highest BCUT2D eigenvalue weighted by atomic mass is 32.2. The van der Waals surface area contributed by atoms with Crippen LogP contribution in [0.25, 0.3) is 0 Å². The van der Waals surface area contributed by atoms with Crippen LogP contribution >= 0.6 is 11.8 Å². The fraction of sp³-hybridized carbons (Fsp3) is 0.798. The molecule has 1 N–H and O–H groups in total. The summed E-state index contributed by atoms with van der Waals surface area (Å²) in [6.07, 6.45) is 4.60. The SMILES string of the molecule is C.C.C.C.C.C.C.C.C.C.C.C.C.C.C.C.C.C.C.C.C.C.C.C.C.C.C.C.C.C.C.C.CCC.CCC.CCNC.CCOC.CCOC.CCOC.CCOC.CCOC.CCOC.CCOC.CCSC.Cc1ccc(C)cc1.Cc1ccc(C)cc1.Cc1ccc(C)cc1. The summed E-state index contributed by atoms with van der Waals surface area (Å²) in [5.74, 6) is 1.24. The third-order valence-electron chi connectivity index (χ3n) is 6.32. The molecule has 0 atom stereocenters. The second-order valence-electron chi connectivity index (χ2n) is 13.2. The zero-order valence-electron chi connectivity index (χ0n) is 49.5. The van der Waals surface area contributed by atoms with Gasteiger partial charge >= 0.3 is 0 Å². The largest absolute Gasteiger partial charge is 0.385 e. The molecule has 0 aromatic heterocycles.